The Kier molecular flexibility index (Phi) is 3.85. The molecule has 0 aromatic heterocycles. The fourth-order valence-electron chi connectivity index (χ4n) is 3.74. The zero-order valence-electron chi connectivity index (χ0n) is 11.4. The van der Waals surface area contributed by atoms with Crippen LogP contribution in [0, 0.1) is 5.82 Å². The molecule has 2 aliphatic rings. The molecule has 1 atom stereocenters. The molecule has 1 aromatic carbocycles. The number of fused-ring (bicyclic) bond motifs is 1. The van der Waals surface area contributed by atoms with Gasteiger partial charge in [0, 0.05) is 25.2 Å². The van der Waals surface area contributed by atoms with Crippen LogP contribution in [0.2, 0.25) is 0 Å². The molecule has 19 heavy (non-hydrogen) atoms. The predicted molar refractivity (Wildman–Crippen MR) is 75.2 cm³/mol. The largest absolute Gasteiger partial charge is 0.329 e. The number of rotatable bonds is 2. The van der Waals surface area contributed by atoms with Gasteiger partial charge >= 0.3 is 0 Å². The summed E-state index contributed by atoms with van der Waals surface area (Å²) in [5, 5.41) is 0. The minimum atomic E-state index is -0.139. The third-order valence-corrected chi connectivity index (χ3v) is 4.74. The van der Waals surface area contributed by atoms with Crippen LogP contribution in [0.4, 0.5) is 4.39 Å². The van der Waals surface area contributed by atoms with Gasteiger partial charge in [-0.2, -0.15) is 0 Å². The number of hydrogen-bond donors (Lipinski definition) is 1. The fraction of sp³-hybridized carbons (Fsp3) is 0.625. The highest BCUT2D eigenvalue weighted by atomic mass is 19.1. The Hall–Kier alpha value is -0.930. The third-order valence-electron chi connectivity index (χ3n) is 4.74. The molecule has 104 valence electrons. The maximum Gasteiger partial charge on any atom is 0.123 e. The van der Waals surface area contributed by atoms with E-state index in [-0.39, 0.29) is 11.9 Å². The van der Waals surface area contributed by atoms with E-state index in [1.165, 1.54) is 44.1 Å². The van der Waals surface area contributed by atoms with Crippen molar-refractivity contribution in [3.8, 4) is 0 Å². The number of halogens is 1. The Labute approximate surface area is 114 Å². The average molecular weight is 262 g/mol. The molecule has 1 fully saturated rings. The van der Waals surface area contributed by atoms with Crippen LogP contribution in [0.15, 0.2) is 18.2 Å². The summed E-state index contributed by atoms with van der Waals surface area (Å²) >= 11 is 0. The second kappa shape index (κ2) is 5.59. The van der Waals surface area contributed by atoms with Crippen LogP contribution in [-0.4, -0.2) is 17.5 Å². The van der Waals surface area contributed by atoms with Gasteiger partial charge in [0.2, 0.25) is 0 Å². The molecule has 2 N–H and O–H groups in total. The van der Waals surface area contributed by atoms with E-state index in [2.05, 4.69) is 4.90 Å². The lowest BCUT2D eigenvalue weighted by molar-refractivity contribution is 0.135. The van der Waals surface area contributed by atoms with E-state index in [4.69, 9.17) is 5.73 Å². The van der Waals surface area contributed by atoms with Crippen molar-refractivity contribution in [3.05, 3.63) is 35.1 Å². The van der Waals surface area contributed by atoms with Gasteiger partial charge in [-0.05, 0) is 36.1 Å². The molecule has 1 saturated carbocycles. The van der Waals surface area contributed by atoms with E-state index in [1.54, 1.807) is 12.1 Å². The van der Waals surface area contributed by atoms with Crippen LogP contribution in [0.3, 0.4) is 0 Å². The highest BCUT2D eigenvalue weighted by molar-refractivity contribution is 5.35. The van der Waals surface area contributed by atoms with Gasteiger partial charge in [0.05, 0.1) is 0 Å². The van der Waals surface area contributed by atoms with E-state index >= 15 is 0 Å². The number of benzene rings is 1. The van der Waals surface area contributed by atoms with Gasteiger partial charge in [0.15, 0.2) is 0 Å². The summed E-state index contributed by atoms with van der Waals surface area (Å²) in [6.07, 6.45) is 7.91. The van der Waals surface area contributed by atoms with E-state index in [0.717, 1.165) is 12.1 Å². The summed E-state index contributed by atoms with van der Waals surface area (Å²) in [5.41, 5.74) is 8.35. The van der Waals surface area contributed by atoms with Crippen molar-refractivity contribution in [2.75, 3.05) is 6.54 Å². The maximum atomic E-state index is 13.4. The highest BCUT2D eigenvalue weighted by Gasteiger charge is 2.34. The van der Waals surface area contributed by atoms with Crippen LogP contribution >= 0.6 is 0 Å². The molecule has 3 rings (SSSR count). The summed E-state index contributed by atoms with van der Waals surface area (Å²) < 4.78 is 13.4. The Morgan fingerprint density at radius 3 is 2.58 bits per heavy atom. The molecule has 0 spiro atoms. The van der Waals surface area contributed by atoms with Crippen molar-refractivity contribution in [2.45, 2.75) is 57.2 Å². The van der Waals surface area contributed by atoms with Gasteiger partial charge in [0.1, 0.15) is 5.82 Å². The smallest absolute Gasteiger partial charge is 0.123 e. The standard InChI is InChI=1S/C16H23FN2/c17-13-8-7-12-11-19(16(10-18)15(12)9-13)14-5-3-1-2-4-6-14/h7-9,14,16H,1-6,10-11,18H2. The molecule has 0 bridgehead atoms. The Balaban J connectivity index is 1.84. The third kappa shape index (κ3) is 2.54. The molecular weight excluding hydrogens is 239 g/mol. The Morgan fingerprint density at radius 2 is 1.89 bits per heavy atom. The average Bonchev–Trinajstić information content (AvgIpc) is 2.61. The second-order valence-electron chi connectivity index (χ2n) is 5.91. The van der Waals surface area contributed by atoms with Crippen LogP contribution in [0.5, 0.6) is 0 Å². The van der Waals surface area contributed by atoms with Crippen LogP contribution < -0.4 is 5.73 Å². The van der Waals surface area contributed by atoms with Crippen LogP contribution in [0.1, 0.15) is 55.7 Å². The van der Waals surface area contributed by atoms with Crippen molar-refractivity contribution in [2.24, 2.45) is 5.73 Å². The highest BCUT2D eigenvalue weighted by Crippen LogP contribution is 2.38. The van der Waals surface area contributed by atoms with E-state index in [0.29, 0.717) is 12.6 Å². The summed E-state index contributed by atoms with van der Waals surface area (Å²) in [5.74, 6) is -0.139. The summed E-state index contributed by atoms with van der Waals surface area (Å²) in [6.45, 7) is 1.54. The van der Waals surface area contributed by atoms with Crippen LogP contribution in [0.25, 0.3) is 0 Å². The van der Waals surface area contributed by atoms with Crippen molar-refractivity contribution < 1.29 is 4.39 Å². The molecular formula is C16H23FN2. The lowest BCUT2D eigenvalue weighted by Crippen LogP contribution is -2.36. The van der Waals surface area contributed by atoms with Crippen LogP contribution in [-0.2, 0) is 6.54 Å². The van der Waals surface area contributed by atoms with Gasteiger partial charge in [-0.3, -0.25) is 4.90 Å². The molecule has 1 aliphatic carbocycles. The van der Waals surface area contributed by atoms with E-state index < -0.39 is 0 Å². The first-order chi connectivity index (χ1) is 9.29. The first-order valence-corrected chi connectivity index (χ1v) is 7.53. The Morgan fingerprint density at radius 1 is 1.16 bits per heavy atom. The lowest BCUT2D eigenvalue weighted by atomic mass is 10.0. The van der Waals surface area contributed by atoms with Crippen molar-refractivity contribution in [1.82, 2.24) is 4.90 Å². The van der Waals surface area contributed by atoms with Gasteiger partial charge in [-0.25, -0.2) is 4.39 Å². The fourth-order valence-corrected chi connectivity index (χ4v) is 3.74. The molecule has 1 aliphatic heterocycles. The molecule has 3 heteroatoms. The number of hydrogen-bond acceptors (Lipinski definition) is 2. The summed E-state index contributed by atoms with van der Waals surface area (Å²) in [7, 11) is 0. The zero-order valence-corrected chi connectivity index (χ0v) is 11.4. The normalized spacial score (nSPS) is 25.3. The molecule has 0 radical (unpaired) electrons. The van der Waals surface area contributed by atoms with Gasteiger partial charge in [0.25, 0.3) is 0 Å². The van der Waals surface area contributed by atoms with E-state index in [1.807, 2.05) is 6.07 Å². The molecule has 2 nitrogen and oxygen atoms in total. The first kappa shape index (κ1) is 13.1. The molecule has 1 unspecified atom stereocenters. The molecule has 0 saturated heterocycles. The van der Waals surface area contributed by atoms with Crippen molar-refractivity contribution in [3.63, 3.8) is 0 Å². The predicted octanol–water partition coefficient (Wildman–Crippen LogP) is 3.36. The van der Waals surface area contributed by atoms with Crippen molar-refractivity contribution in [1.29, 1.82) is 0 Å². The number of nitrogens with zero attached hydrogens (tertiary/aromatic N) is 1. The minimum absolute atomic E-state index is 0.139. The summed E-state index contributed by atoms with van der Waals surface area (Å²) in [6, 6.07) is 6.04. The molecule has 1 heterocycles. The van der Waals surface area contributed by atoms with Crippen molar-refractivity contribution >= 4 is 0 Å². The second-order valence-corrected chi connectivity index (χ2v) is 5.91. The minimum Gasteiger partial charge on any atom is -0.329 e. The lowest BCUT2D eigenvalue weighted by Gasteiger charge is -2.32. The quantitative estimate of drug-likeness (QED) is 0.828. The Bertz CT molecular complexity index is 438. The summed E-state index contributed by atoms with van der Waals surface area (Å²) in [4.78, 5) is 2.52. The number of nitrogens with two attached hydrogens (primary N) is 1. The zero-order chi connectivity index (χ0) is 13.2. The topological polar surface area (TPSA) is 29.3 Å². The van der Waals surface area contributed by atoms with E-state index in [9.17, 15) is 4.39 Å². The monoisotopic (exact) mass is 262 g/mol. The first-order valence-electron chi connectivity index (χ1n) is 7.53. The van der Waals surface area contributed by atoms with Gasteiger partial charge in [-0.15, -0.1) is 0 Å². The molecule has 1 aromatic rings. The maximum absolute atomic E-state index is 13.4. The SMILES string of the molecule is NCC1c2cc(F)ccc2CN1C1CCCCCC1. The van der Waals surface area contributed by atoms with Gasteiger partial charge < -0.3 is 5.73 Å². The van der Waals surface area contributed by atoms with Gasteiger partial charge in [-0.1, -0.05) is 31.7 Å². The molecule has 0 amide bonds.